The second kappa shape index (κ2) is 15.2. The second-order valence-electron chi connectivity index (χ2n) is 9.78. The zero-order valence-electron chi connectivity index (χ0n) is 23.8. The fourth-order valence-electron chi connectivity index (χ4n) is 4.46. The van der Waals surface area contributed by atoms with Crippen molar-refractivity contribution >= 4 is 27.5 Å². The van der Waals surface area contributed by atoms with Crippen LogP contribution in [0.1, 0.15) is 37.3 Å². The van der Waals surface area contributed by atoms with Gasteiger partial charge >= 0.3 is 0 Å². The van der Waals surface area contributed by atoms with Crippen LogP contribution in [0.2, 0.25) is 0 Å². The molecule has 3 aromatic carbocycles. The summed E-state index contributed by atoms with van der Waals surface area (Å²) in [6, 6.07) is 21.1. The highest BCUT2D eigenvalue weighted by Gasteiger charge is 2.30. The van der Waals surface area contributed by atoms with Crippen LogP contribution in [-0.2, 0) is 32.6 Å². The Morgan fingerprint density at radius 2 is 1.61 bits per heavy atom. The number of sulfonamides is 1. The first-order chi connectivity index (χ1) is 19.6. The van der Waals surface area contributed by atoms with Gasteiger partial charge in [0, 0.05) is 32.5 Å². The lowest BCUT2D eigenvalue weighted by molar-refractivity contribution is -0.141. The SMILES string of the molecule is CCCNC(=O)[C@H](Cc1ccccc1)N(Cc1ccc(F)cc1)C(=O)CCCN(c1ccc(OC)cc1)S(C)(=O)=O. The molecule has 0 bridgehead atoms. The molecule has 10 heteroatoms. The summed E-state index contributed by atoms with van der Waals surface area (Å²) in [4.78, 5) is 28.7. The van der Waals surface area contributed by atoms with Crippen molar-refractivity contribution in [2.75, 3.05) is 30.8 Å². The van der Waals surface area contributed by atoms with Gasteiger partial charge < -0.3 is 15.0 Å². The number of amides is 2. The van der Waals surface area contributed by atoms with Gasteiger partial charge in [-0.2, -0.15) is 0 Å². The Kier molecular flexibility index (Phi) is 11.7. The molecule has 0 radical (unpaired) electrons. The Labute approximate surface area is 242 Å². The van der Waals surface area contributed by atoms with E-state index in [-0.39, 0.29) is 37.7 Å². The molecule has 8 nitrogen and oxygen atoms in total. The van der Waals surface area contributed by atoms with Crippen molar-refractivity contribution in [3.05, 3.63) is 95.8 Å². The van der Waals surface area contributed by atoms with Gasteiger partial charge in [0.05, 0.1) is 19.1 Å². The zero-order valence-corrected chi connectivity index (χ0v) is 24.6. The number of nitrogens with zero attached hydrogens (tertiary/aromatic N) is 2. The van der Waals surface area contributed by atoms with E-state index in [0.717, 1.165) is 18.2 Å². The van der Waals surface area contributed by atoms with Crippen molar-refractivity contribution in [2.24, 2.45) is 0 Å². The maximum absolute atomic E-state index is 13.8. The number of anilines is 1. The van der Waals surface area contributed by atoms with Gasteiger partial charge in [-0.15, -0.1) is 0 Å². The summed E-state index contributed by atoms with van der Waals surface area (Å²) in [6.07, 6.45) is 2.39. The van der Waals surface area contributed by atoms with Gasteiger partial charge in [0.2, 0.25) is 21.8 Å². The smallest absolute Gasteiger partial charge is 0.243 e. The van der Waals surface area contributed by atoms with Crippen molar-refractivity contribution < 1.29 is 27.1 Å². The van der Waals surface area contributed by atoms with Crippen LogP contribution in [0.15, 0.2) is 78.9 Å². The zero-order chi connectivity index (χ0) is 29.8. The number of hydrogen-bond acceptors (Lipinski definition) is 5. The summed E-state index contributed by atoms with van der Waals surface area (Å²) in [7, 11) is -2.09. The highest BCUT2D eigenvalue weighted by molar-refractivity contribution is 7.92. The first kappa shape index (κ1) is 31.6. The van der Waals surface area contributed by atoms with Gasteiger partial charge in [0.1, 0.15) is 17.6 Å². The third-order valence-corrected chi connectivity index (χ3v) is 7.79. The summed E-state index contributed by atoms with van der Waals surface area (Å²) in [5.41, 5.74) is 2.03. The van der Waals surface area contributed by atoms with Crippen LogP contribution < -0.4 is 14.4 Å². The minimum atomic E-state index is -3.62. The second-order valence-corrected chi connectivity index (χ2v) is 11.7. The molecular formula is C31H38FN3O5S. The number of nitrogens with one attached hydrogen (secondary N) is 1. The number of rotatable bonds is 15. The Bertz CT molecular complexity index is 1370. The van der Waals surface area contributed by atoms with Crippen LogP contribution >= 0.6 is 0 Å². The molecule has 1 atom stereocenters. The van der Waals surface area contributed by atoms with Gasteiger partial charge in [-0.05, 0) is 60.4 Å². The molecule has 0 unspecified atom stereocenters. The average molecular weight is 584 g/mol. The minimum Gasteiger partial charge on any atom is -0.497 e. The molecule has 0 aliphatic heterocycles. The normalized spacial score (nSPS) is 11.9. The fraction of sp³-hybridized carbons (Fsp3) is 0.355. The Morgan fingerprint density at radius 3 is 2.20 bits per heavy atom. The number of carbonyl (C=O) groups excluding carboxylic acids is 2. The largest absolute Gasteiger partial charge is 0.497 e. The number of methoxy groups -OCH3 is 1. The van der Waals surface area contributed by atoms with Gasteiger partial charge in [0.25, 0.3) is 0 Å². The number of carbonyl (C=O) groups is 2. The molecule has 2 amide bonds. The van der Waals surface area contributed by atoms with Crippen molar-refractivity contribution in [3.63, 3.8) is 0 Å². The highest BCUT2D eigenvalue weighted by atomic mass is 32.2. The number of hydrogen-bond donors (Lipinski definition) is 1. The standard InChI is InChI=1S/C31H38FN3O5S/c1-4-20-33-31(37)29(22-24-9-6-5-7-10-24)34(23-25-12-14-26(32)15-13-25)30(36)11-8-21-35(41(3,38)39)27-16-18-28(40-2)19-17-27/h5-7,9-10,12-19,29H,4,8,11,20-23H2,1-3H3,(H,33,37)/t29-/m0/s1. The molecule has 3 aromatic rings. The van der Waals surface area contributed by atoms with E-state index >= 15 is 0 Å². The van der Waals surface area contributed by atoms with E-state index in [1.807, 2.05) is 37.3 Å². The predicted octanol–water partition coefficient (Wildman–Crippen LogP) is 4.55. The highest BCUT2D eigenvalue weighted by Crippen LogP contribution is 2.23. The monoisotopic (exact) mass is 583 g/mol. The number of halogens is 1. The molecule has 0 aliphatic carbocycles. The van der Waals surface area contributed by atoms with E-state index in [1.54, 1.807) is 36.4 Å². The molecule has 1 N–H and O–H groups in total. The summed E-state index contributed by atoms with van der Waals surface area (Å²) < 4.78 is 45.2. The summed E-state index contributed by atoms with van der Waals surface area (Å²) in [6.45, 7) is 2.59. The van der Waals surface area contributed by atoms with Crippen molar-refractivity contribution in [3.8, 4) is 5.75 Å². The molecule has 220 valence electrons. The lowest BCUT2D eigenvalue weighted by Gasteiger charge is -2.32. The summed E-state index contributed by atoms with van der Waals surface area (Å²) in [5.74, 6) is -0.376. The van der Waals surface area contributed by atoms with Crippen LogP contribution in [0.4, 0.5) is 10.1 Å². The van der Waals surface area contributed by atoms with Gasteiger partial charge in [-0.3, -0.25) is 13.9 Å². The summed E-state index contributed by atoms with van der Waals surface area (Å²) in [5, 5.41) is 2.92. The molecule has 0 fully saturated rings. The summed E-state index contributed by atoms with van der Waals surface area (Å²) >= 11 is 0. The van der Waals surface area contributed by atoms with E-state index in [0.29, 0.717) is 30.0 Å². The van der Waals surface area contributed by atoms with E-state index in [9.17, 15) is 22.4 Å². The van der Waals surface area contributed by atoms with E-state index in [1.165, 1.54) is 28.4 Å². The van der Waals surface area contributed by atoms with Crippen LogP contribution in [0, 0.1) is 5.82 Å². The van der Waals surface area contributed by atoms with Crippen LogP contribution in [0.25, 0.3) is 0 Å². The predicted molar refractivity (Wildman–Crippen MR) is 159 cm³/mol. The molecule has 3 rings (SSSR count). The van der Waals surface area contributed by atoms with E-state index in [2.05, 4.69) is 5.32 Å². The van der Waals surface area contributed by atoms with Gasteiger partial charge in [-0.25, -0.2) is 12.8 Å². The van der Waals surface area contributed by atoms with Crippen LogP contribution in [0.5, 0.6) is 5.75 Å². The van der Waals surface area contributed by atoms with Crippen LogP contribution in [-0.4, -0.2) is 57.6 Å². The number of benzene rings is 3. The van der Waals surface area contributed by atoms with Crippen molar-refractivity contribution in [1.82, 2.24) is 10.2 Å². The van der Waals surface area contributed by atoms with Crippen LogP contribution in [0.3, 0.4) is 0 Å². The maximum Gasteiger partial charge on any atom is 0.243 e. The number of ether oxygens (including phenoxy) is 1. The van der Waals surface area contributed by atoms with Crippen molar-refractivity contribution in [1.29, 1.82) is 0 Å². The Morgan fingerprint density at radius 1 is 0.951 bits per heavy atom. The molecule has 0 aliphatic rings. The molecule has 0 spiro atoms. The molecular weight excluding hydrogens is 545 g/mol. The lowest BCUT2D eigenvalue weighted by Crippen LogP contribution is -2.50. The third-order valence-electron chi connectivity index (χ3n) is 6.60. The van der Waals surface area contributed by atoms with Crippen molar-refractivity contribution in [2.45, 2.75) is 45.2 Å². The third kappa shape index (κ3) is 9.60. The Hall–Kier alpha value is -3.92. The maximum atomic E-state index is 13.8. The van der Waals surface area contributed by atoms with Gasteiger partial charge in [-0.1, -0.05) is 49.4 Å². The molecule has 41 heavy (non-hydrogen) atoms. The fourth-order valence-corrected chi connectivity index (χ4v) is 5.42. The minimum absolute atomic E-state index is 0.00964. The Balaban J connectivity index is 1.85. The lowest BCUT2D eigenvalue weighted by atomic mass is 10.0. The van der Waals surface area contributed by atoms with E-state index in [4.69, 9.17) is 4.74 Å². The average Bonchev–Trinajstić information content (AvgIpc) is 2.96. The topological polar surface area (TPSA) is 96.0 Å². The first-order valence-electron chi connectivity index (χ1n) is 13.6. The molecule has 0 saturated carbocycles. The van der Waals surface area contributed by atoms with E-state index < -0.39 is 21.9 Å². The van der Waals surface area contributed by atoms with Gasteiger partial charge in [0.15, 0.2) is 0 Å². The molecule has 0 heterocycles. The molecule has 0 saturated heterocycles. The molecule has 0 aromatic heterocycles. The quantitative estimate of drug-likeness (QED) is 0.283. The first-order valence-corrected chi connectivity index (χ1v) is 15.4.